The Hall–Kier alpha value is -4.95. The normalized spacial score (nSPS) is 10.7. The van der Waals surface area contributed by atoms with Gasteiger partial charge in [0.25, 0.3) is 0 Å². The summed E-state index contributed by atoms with van der Waals surface area (Å²) in [5.41, 5.74) is 0.437. The number of rotatable bonds is 17. The van der Waals surface area contributed by atoms with Gasteiger partial charge in [-0.05, 0) is 60.7 Å². The minimum Gasteiger partial charge on any atom is -0.493 e. The molecule has 0 N–H and O–H groups in total. The second kappa shape index (κ2) is 17.1. The maximum atomic E-state index is 6.35. The number of nitrogens with zero attached hydrogens (tertiary/aromatic N) is 1. The fourth-order valence-corrected chi connectivity index (χ4v) is 6.09. The van der Waals surface area contributed by atoms with Gasteiger partial charge in [0.2, 0.25) is 0 Å². The fourth-order valence-electron chi connectivity index (χ4n) is 4.03. The predicted molar refractivity (Wildman–Crippen MR) is 178 cm³/mol. The number of hydrogen-bond acceptors (Lipinski definition) is 11. The molecule has 0 unspecified atom stereocenters. The zero-order valence-electron chi connectivity index (χ0n) is 26.1. The Balaban J connectivity index is 1.40. The second-order valence-corrected chi connectivity index (χ2v) is 11.3. The van der Waals surface area contributed by atoms with Gasteiger partial charge >= 0.3 is 17.2 Å². The third-order valence-electron chi connectivity index (χ3n) is 6.30. The number of aromatic nitrogens is 1. The van der Waals surface area contributed by atoms with Crippen LogP contribution in [-0.4, -0.2) is 33.4 Å². The monoisotopic (exact) mass is 677 g/mol. The van der Waals surface area contributed by atoms with Crippen LogP contribution in [0.1, 0.15) is 5.69 Å². The third kappa shape index (κ3) is 9.08. The number of benzene rings is 4. The van der Waals surface area contributed by atoms with Crippen LogP contribution in [-0.2, 0) is 11.1 Å². The molecule has 1 aromatic heterocycles. The summed E-state index contributed by atoms with van der Waals surface area (Å²) in [6, 6.07) is 32.3. The number of para-hydroxylation sites is 8. The average Bonchev–Trinajstić information content (AvgIpc) is 3.12. The fraction of sp³-hybridized carbons (Fsp3) is 0.147. The van der Waals surface area contributed by atoms with Gasteiger partial charge in [-0.2, -0.15) is 0 Å². The molecule has 11 nitrogen and oxygen atoms in total. The van der Waals surface area contributed by atoms with Crippen molar-refractivity contribution in [2.24, 2.45) is 0 Å². The third-order valence-corrected chi connectivity index (χ3v) is 8.36. The summed E-state index contributed by atoms with van der Waals surface area (Å²) in [7, 11) is 2.06. The van der Waals surface area contributed by atoms with Gasteiger partial charge in [-0.15, -0.1) is 0 Å². The first kappa shape index (κ1) is 33.4. The van der Waals surface area contributed by atoms with Crippen LogP contribution >= 0.6 is 17.2 Å². The van der Waals surface area contributed by atoms with Crippen molar-refractivity contribution in [2.75, 3.05) is 28.4 Å². The number of methoxy groups -OCH3 is 4. The van der Waals surface area contributed by atoms with Crippen molar-refractivity contribution in [3.8, 4) is 51.7 Å². The lowest BCUT2D eigenvalue weighted by atomic mass is 10.3. The lowest BCUT2D eigenvalue weighted by Gasteiger charge is -2.22. The van der Waals surface area contributed by atoms with E-state index in [9.17, 15) is 0 Å². The summed E-state index contributed by atoms with van der Waals surface area (Å²) in [6.07, 6.45) is 1.63. The molecule has 0 atom stereocenters. The largest absolute Gasteiger partial charge is 0.530 e. The van der Waals surface area contributed by atoms with Crippen molar-refractivity contribution in [2.45, 2.75) is 6.61 Å². The minimum absolute atomic E-state index is 0.0569. The molecule has 0 fully saturated rings. The van der Waals surface area contributed by atoms with E-state index in [1.165, 1.54) is 0 Å². The van der Waals surface area contributed by atoms with E-state index < -0.39 is 17.2 Å². The Bertz CT molecular complexity index is 1630. The van der Waals surface area contributed by atoms with E-state index in [1.807, 2.05) is 48.5 Å². The van der Waals surface area contributed by atoms with E-state index in [0.29, 0.717) is 57.4 Å². The molecule has 0 bridgehead atoms. The van der Waals surface area contributed by atoms with Gasteiger partial charge < -0.3 is 41.6 Å². The highest BCUT2D eigenvalue weighted by Crippen LogP contribution is 2.49. The minimum atomic E-state index is -2.11. The Labute approximate surface area is 275 Å². The van der Waals surface area contributed by atoms with E-state index in [0.717, 1.165) is 0 Å². The van der Waals surface area contributed by atoms with Crippen molar-refractivity contribution in [3.05, 3.63) is 121 Å². The molecule has 4 aromatic carbocycles. The van der Waals surface area contributed by atoms with E-state index in [4.69, 9.17) is 46.1 Å². The standard InChI is InChI=1S/C34H33NO10P2/c1-36-27-14-5-9-18-31(27)42-46(43-32-19-10-6-15-28(32)37-2)40-24-25-26(22-13-23-35-25)41-47(44-33-20-11-7-16-29(33)38-3)45-34-21-12-8-17-30(34)39-4/h5-23H,24H2,1-4H3. The molecule has 0 aliphatic carbocycles. The Morgan fingerprint density at radius 1 is 0.404 bits per heavy atom. The van der Waals surface area contributed by atoms with E-state index in [1.54, 1.807) is 95.3 Å². The summed E-state index contributed by atoms with van der Waals surface area (Å²) in [4.78, 5) is 4.52. The van der Waals surface area contributed by atoms with E-state index >= 15 is 0 Å². The molecule has 0 aliphatic heterocycles. The van der Waals surface area contributed by atoms with Crippen LogP contribution in [0.2, 0.25) is 0 Å². The molecule has 13 heteroatoms. The molecule has 0 amide bonds. The van der Waals surface area contributed by atoms with Crippen molar-refractivity contribution in [1.82, 2.24) is 4.98 Å². The van der Waals surface area contributed by atoms with Crippen molar-refractivity contribution >= 4 is 17.2 Å². The van der Waals surface area contributed by atoms with Gasteiger partial charge in [-0.25, -0.2) is 0 Å². The summed E-state index contributed by atoms with van der Waals surface area (Å²) in [6.45, 7) is -0.0569. The molecule has 5 rings (SSSR count). The molecule has 0 radical (unpaired) electrons. The van der Waals surface area contributed by atoms with Crippen LogP contribution in [0.25, 0.3) is 0 Å². The molecule has 244 valence electrons. The first-order valence-corrected chi connectivity index (χ1v) is 16.4. The second-order valence-electron chi connectivity index (χ2n) is 9.23. The molecular weight excluding hydrogens is 644 g/mol. The van der Waals surface area contributed by atoms with Gasteiger partial charge in [0.05, 0.1) is 28.4 Å². The van der Waals surface area contributed by atoms with Crippen LogP contribution in [0.3, 0.4) is 0 Å². The van der Waals surface area contributed by atoms with Crippen molar-refractivity contribution in [3.63, 3.8) is 0 Å². The SMILES string of the molecule is COc1ccccc1OP(OCc1ncccc1OP(Oc1ccccc1OC)Oc1ccccc1OC)Oc1ccccc1OC. The average molecular weight is 678 g/mol. The van der Waals surface area contributed by atoms with Crippen LogP contribution in [0.5, 0.6) is 51.7 Å². The number of hydrogen-bond donors (Lipinski definition) is 0. The van der Waals surface area contributed by atoms with Crippen molar-refractivity contribution in [1.29, 1.82) is 0 Å². The lowest BCUT2D eigenvalue weighted by molar-refractivity contribution is 0.244. The van der Waals surface area contributed by atoms with E-state index in [2.05, 4.69) is 4.98 Å². The molecule has 47 heavy (non-hydrogen) atoms. The first-order chi connectivity index (χ1) is 23.1. The molecular formula is C34H33NO10P2. The molecule has 0 saturated carbocycles. The van der Waals surface area contributed by atoms with Crippen LogP contribution in [0, 0.1) is 0 Å². The Morgan fingerprint density at radius 2 is 0.723 bits per heavy atom. The van der Waals surface area contributed by atoms with Crippen LogP contribution < -0.4 is 41.6 Å². The molecule has 0 spiro atoms. The van der Waals surface area contributed by atoms with E-state index in [-0.39, 0.29) is 6.61 Å². The smallest absolute Gasteiger partial charge is 0.493 e. The van der Waals surface area contributed by atoms with Gasteiger partial charge in [0.15, 0.2) is 51.7 Å². The zero-order valence-corrected chi connectivity index (χ0v) is 27.9. The summed E-state index contributed by atoms with van der Waals surface area (Å²) in [5, 5.41) is 0. The number of pyridine rings is 1. The van der Waals surface area contributed by atoms with Gasteiger partial charge in [-0.1, -0.05) is 48.5 Å². The van der Waals surface area contributed by atoms with Gasteiger partial charge in [0, 0.05) is 6.20 Å². The van der Waals surface area contributed by atoms with Gasteiger partial charge in [-0.3, -0.25) is 9.51 Å². The lowest BCUT2D eigenvalue weighted by Crippen LogP contribution is -2.07. The van der Waals surface area contributed by atoms with Crippen LogP contribution in [0.15, 0.2) is 115 Å². The topological polar surface area (TPSA) is 105 Å². The van der Waals surface area contributed by atoms with Crippen LogP contribution in [0.4, 0.5) is 0 Å². The van der Waals surface area contributed by atoms with Crippen molar-refractivity contribution < 1.29 is 46.1 Å². The molecule has 1 heterocycles. The Kier molecular flexibility index (Phi) is 12.2. The van der Waals surface area contributed by atoms with Gasteiger partial charge in [0.1, 0.15) is 12.3 Å². The summed E-state index contributed by atoms with van der Waals surface area (Å²) < 4.78 is 59.3. The maximum absolute atomic E-state index is 6.35. The predicted octanol–water partition coefficient (Wildman–Crippen LogP) is 8.78. The Morgan fingerprint density at radius 3 is 1.11 bits per heavy atom. The number of ether oxygens (including phenoxy) is 4. The molecule has 5 aromatic rings. The first-order valence-electron chi connectivity index (χ1n) is 14.2. The highest BCUT2D eigenvalue weighted by molar-refractivity contribution is 7.43. The summed E-state index contributed by atoms with van der Waals surface area (Å²) >= 11 is 0. The zero-order chi connectivity index (χ0) is 32.8. The highest BCUT2D eigenvalue weighted by Gasteiger charge is 2.27. The molecule has 0 aliphatic rings. The quantitative estimate of drug-likeness (QED) is 0.0882. The summed E-state index contributed by atoms with van der Waals surface area (Å²) in [5.74, 6) is 4.13. The maximum Gasteiger partial charge on any atom is 0.530 e. The molecule has 0 saturated heterocycles. The highest BCUT2D eigenvalue weighted by atomic mass is 31.2.